The molecule has 0 spiro atoms. The molecular formula is C24H33N5O. The van der Waals surface area contributed by atoms with Gasteiger partial charge in [-0.05, 0) is 43.7 Å². The summed E-state index contributed by atoms with van der Waals surface area (Å²) >= 11 is 0. The molecule has 3 N–H and O–H groups in total. The molecule has 0 radical (unpaired) electrons. The standard InChI is InChI=1S/C24H33N5O/c1-17(2)29(4)16-19-10-6-5-9-18(19)14-26-24(25-3)27-15-20-13-23(30)28-22-12-8-7-11-21(20)22/h5-12,17,20H,13-16H2,1-4H3,(H,28,30)(H2,25,26,27). The van der Waals surface area contributed by atoms with Crippen LogP contribution in [0.5, 0.6) is 0 Å². The van der Waals surface area contributed by atoms with Gasteiger partial charge in [0, 0.05) is 50.7 Å². The van der Waals surface area contributed by atoms with Gasteiger partial charge in [-0.15, -0.1) is 0 Å². The fourth-order valence-corrected chi connectivity index (χ4v) is 3.64. The van der Waals surface area contributed by atoms with Gasteiger partial charge < -0.3 is 16.0 Å². The quantitative estimate of drug-likeness (QED) is 0.487. The zero-order valence-corrected chi connectivity index (χ0v) is 18.4. The van der Waals surface area contributed by atoms with E-state index in [4.69, 9.17) is 0 Å². The maximum atomic E-state index is 12.0. The molecule has 6 heteroatoms. The van der Waals surface area contributed by atoms with E-state index in [1.807, 2.05) is 18.2 Å². The molecule has 2 aromatic carbocycles. The van der Waals surface area contributed by atoms with E-state index in [2.05, 4.69) is 77.1 Å². The number of rotatable bonds is 7. The van der Waals surface area contributed by atoms with Gasteiger partial charge in [-0.2, -0.15) is 0 Å². The van der Waals surface area contributed by atoms with Crippen LogP contribution in [0, 0.1) is 0 Å². The number of fused-ring (bicyclic) bond motifs is 1. The highest BCUT2D eigenvalue weighted by Gasteiger charge is 2.24. The molecule has 160 valence electrons. The fourth-order valence-electron chi connectivity index (χ4n) is 3.64. The Bertz CT molecular complexity index is 893. The third-order valence-corrected chi connectivity index (χ3v) is 5.71. The van der Waals surface area contributed by atoms with Gasteiger partial charge in [0.25, 0.3) is 0 Å². The molecule has 30 heavy (non-hydrogen) atoms. The van der Waals surface area contributed by atoms with Crippen LogP contribution in [-0.2, 0) is 17.9 Å². The topological polar surface area (TPSA) is 68.8 Å². The van der Waals surface area contributed by atoms with Crippen LogP contribution < -0.4 is 16.0 Å². The number of amides is 1. The Morgan fingerprint density at radius 2 is 1.83 bits per heavy atom. The van der Waals surface area contributed by atoms with Gasteiger partial charge in [0.15, 0.2) is 5.96 Å². The zero-order chi connectivity index (χ0) is 21.5. The molecule has 0 aliphatic carbocycles. The van der Waals surface area contributed by atoms with E-state index in [1.165, 1.54) is 16.7 Å². The third-order valence-electron chi connectivity index (χ3n) is 5.71. The Morgan fingerprint density at radius 3 is 2.57 bits per heavy atom. The molecule has 1 heterocycles. The summed E-state index contributed by atoms with van der Waals surface area (Å²) in [7, 11) is 3.92. The normalized spacial score (nSPS) is 16.4. The van der Waals surface area contributed by atoms with Crippen molar-refractivity contribution in [3.05, 3.63) is 65.2 Å². The lowest BCUT2D eigenvalue weighted by molar-refractivity contribution is -0.116. The van der Waals surface area contributed by atoms with E-state index >= 15 is 0 Å². The van der Waals surface area contributed by atoms with Crippen molar-refractivity contribution in [2.45, 2.75) is 45.3 Å². The Hall–Kier alpha value is -2.86. The van der Waals surface area contributed by atoms with E-state index in [1.54, 1.807) is 7.05 Å². The minimum Gasteiger partial charge on any atom is -0.356 e. The second-order valence-electron chi connectivity index (χ2n) is 8.12. The number of aliphatic imine (C=N–C) groups is 1. The molecule has 0 fully saturated rings. The number of nitrogens with zero attached hydrogens (tertiary/aromatic N) is 2. The molecule has 1 unspecified atom stereocenters. The van der Waals surface area contributed by atoms with Crippen molar-refractivity contribution in [1.82, 2.24) is 15.5 Å². The molecule has 0 aromatic heterocycles. The van der Waals surface area contributed by atoms with Crippen molar-refractivity contribution in [2.75, 3.05) is 26.0 Å². The van der Waals surface area contributed by atoms with Gasteiger partial charge in [-0.3, -0.25) is 14.7 Å². The summed E-state index contributed by atoms with van der Waals surface area (Å²) in [6.07, 6.45) is 0.478. The Labute approximate surface area is 179 Å². The molecule has 1 amide bonds. The molecule has 1 atom stereocenters. The van der Waals surface area contributed by atoms with Gasteiger partial charge in [-0.1, -0.05) is 42.5 Å². The van der Waals surface area contributed by atoms with Crippen molar-refractivity contribution in [2.24, 2.45) is 4.99 Å². The van der Waals surface area contributed by atoms with E-state index < -0.39 is 0 Å². The lowest BCUT2D eigenvalue weighted by Crippen LogP contribution is -2.40. The van der Waals surface area contributed by atoms with Crippen LogP contribution in [0.25, 0.3) is 0 Å². The number of guanidine groups is 1. The molecule has 0 saturated carbocycles. The van der Waals surface area contributed by atoms with Crippen LogP contribution in [0.15, 0.2) is 53.5 Å². The summed E-state index contributed by atoms with van der Waals surface area (Å²) in [5.41, 5.74) is 4.65. The van der Waals surface area contributed by atoms with Crippen LogP contribution in [0.4, 0.5) is 5.69 Å². The smallest absolute Gasteiger partial charge is 0.225 e. The first-order valence-corrected chi connectivity index (χ1v) is 10.6. The van der Waals surface area contributed by atoms with Crippen molar-refractivity contribution >= 4 is 17.6 Å². The predicted octanol–water partition coefficient (Wildman–Crippen LogP) is 3.32. The summed E-state index contributed by atoms with van der Waals surface area (Å²) in [4.78, 5) is 18.7. The monoisotopic (exact) mass is 407 g/mol. The van der Waals surface area contributed by atoms with Crippen LogP contribution >= 0.6 is 0 Å². The van der Waals surface area contributed by atoms with E-state index in [0.29, 0.717) is 25.6 Å². The maximum absolute atomic E-state index is 12.0. The summed E-state index contributed by atoms with van der Waals surface area (Å²) in [6, 6.07) is 17.0. The minimum absolute atomic E-state index is 0.0617. The van der Waals surface area contributed by atoms with Crippen LogP contribution in [0.1, 0.15) is 42.9 Å². The average molecular weight is 408 g/mol. The van der Waals surface area contributed by atoms with Crippen LogP contribution in [0.2, 0.25) is 0 Å². The molecule has 1 aliphatic rings. The van der Waals surface area contributed by atoms with Crippen molar-refractivity contribution in [3.8, 4) is 0 Å². The number of hydrogen-bond acceptors (Lipinski definition) is 3. The Kier molecular flexibility index (Phi) is 7.46. The third kappa shape index (κ3) is 5.60. The summed E-state index contributed by atoms with van der Waals surface area (Å²) in [5.74, 6) is 0.928. The number of para-hydroxylation sites is 1. The van der Waals surface area contributed by atoms with Gasteiger partial charge >= 0.3 is 0 Å². The molecule has 3 rings (SSSR count). The Balaban J connectivity index is 1.60. The second kappa shape index (κ2) is 10.3. The highest BCUT2D eigenvalue weighted by molar-refractivity contribution is 5.94. The van der Waals surface area contributed by atoms with E-state index in [-0.39, 0.29) is 11.8 Å². The van der Waals surface area contributed by atoms with Gasteiger partial charge in [0.1, 0.15) is 0 Å². The lowest BCUT2D eigenvalue weighted by Gasteiger charge is -2.26. The van der Waals surface area contributed by atoms with Crippen LogP contribution in [0.3, 0.4) is 0 Å². The number of carbonyl (C=O) groups is 1. The first-order valence-electron chi connectivity index (χ1n) is 10.6. The molecule has 0 bridgehead atoms. The fraction of sp³-hybridized carbons (Fsp3) is 0.417. The number of nitrogens with one attached hydrogen (secondary N) is 3. The van der Waals surface area contributed by atoms with Gasteiger partial charge in [0.2, 0.25) is 5.91 Å². The maximum Gasteiger partial charge on any atom is 0.225 e. The highest BCUT2D eigenvalue weighted by atomic mass is 16.1. The second-order valence-corrected chi connectivity index (χ2v) is 8.12. The average Bonchev–Trinajstić information content (AvgIpc) is 2.74. The number of benzene rings is 2. The van der Waals surface area contributed by atoms with Crippen molar-refractivity contribution in [1.29, 1.82) is 0 Å². The summed E-state index contributed by atoms with van der Waals surface area (Å²) < 4.78 is 0. The van der Waals surface area contributed by atoms with Gasteiger partial charge in [0.05, 0.1) is 0 Å². The lowest BCUT2D eigenvalue weighted by atomic mass is 9.90. The first-order chi connectivity index (χ1) is 14.5. The zero-order valence-electron chi connectivity index (χ0n) is 18.4. The van der Waals surface area contributed by atoms with Gasteiger partial charge in [-0.25, -0.2) is 0 Å². The minimum atomic E-state index is 0.0617. The van der Waals surface area contributed by atoms with E-state index in [9.17, 15) is 4.79 Å². The molecule has 2 aromatic rings. The molecule has 0 saturated heterocycles. The molecule has 6 nitrogen and oxygen atoms in total. The summed E-state index contributed by atoms with van der Waals surface area (Å²) in [6.45, 7) is 6.67. The number of carbonyl (C=O) groups excluding carboxylic acids is 1. The Morgan fingerprint density at radius 1 is 1.13 bits per heavy atom. The molecular weight excluding hydrogens is 374 g/mol. The highest BCUT2D eigenvalue weighted by Crippen LogP contribution is 2.31. The summed E-state index contributed by atoms with van der Waals surface area (Å²) in [5, 5.41) is 9.77. The SMILES string of the molecule is CN=C(NCc1ccccc1CN(C)C(C)C)NCC1CC(=O)Nc2ccccc21. The molecule has 1 aliphatic heterocycles. The predicted molar refractivity (Wildman–Crippen MR) is 124 cm³/mol. The van der Waals surface area contributed by atoms with E-state index in [0.717, 1.165) is 18.2 Å². The number of hydrogen-bond donors (Lipinski definition) is 3. The van der Waals surface area contributed by atoms with Crippen molar-refractivity contribution < 1.29 is 4.79 Å². The number of anilines is 1. The van der Waals surface area contributed by atoms with Crippen molar-refractivity contribution in [3.63, 3.8) is 0 Å². The largest absolute Gasteiger partial charge is 0.356 e. The van der Waals surface area contributed by atoms with Crippen LogP contribution in [-0.4, -0.2) is 43.4 Å². The first kappa shape index (κ1) is 21.8.